The van der Waals surface area contributed by atoms with Crippen molar-refractivity contribution < 1.29 is 18.7 Å². The quantitative estimate of drug-likeness (QED) is 0.555. The summed E-state index contributed by atoms with van der Waals surface area (Å²) in [6.45, 7) is 0.177. The minimum absolute atomic E-state index is 0.0678. The van der Waals surface area contributed by atoms with Crippen LogP contribution in [0.1, 0.15) is 12.3 Å². The maximum Gasteiger partial charge on any atom is 0.309 e. The van der Waals surface area contributed by atoms with Gasteiger partial charge in [-0.2, -0.15) is 0 Å². The summed E-state index contributed by atoms with van der Waals surface area (Å²) in [6.07, 6.45) is 0.139. The van der Waals surface area contributed by atoms with Gasteiger partial charge in [0.05, 0.1) is 18.6 Å². The van der Waals surface area contributed by atoms with Gasteiger partial charge >= 0.3 is 5.97 Å². The Morgan fingerprint density at radius 1 is 1.04 bits per heavy atom. The lowest BCUT2D eigenvalue weighted by atomic mass is 10.2. The summed E-state index contributed by atoms with van der Waals surface area (Å²) in [5.41, 5.74) is 0.781. The molecule has 3 rings (SSSR count). The zero-order valence-electron chi connectivity index (χ0n) is 13.2. The van der Waals surface area contributed by atoms with Gasteiger partial charge in [0.2, 0.25) is 5.89 Å². The highest BCUT2D eigenvalue weighted by molar-refractivity contribution is 9.10. The van der Waals surface area contributed by atoms with Gasteiger partial charge in [0.15, 0.2) is 6.61 Å². The molecule has 0 atom stereocenters. The number of nitrogens with zero attached hydrogens (tertiary/aromatic N) is 2. The van der Waals surface area contributed by atoms with Crippen LogP contribution >= 0.6 is 15.9 Å². The molecule has 0 bridgehead atoms. The Labute approximate surface area is 152 Å². The zero-order chi connectivity index (χ0) is 17.5. The Bertz CT molecular complexity index is 836. The molecule has 0 saturated heterocycles. The second-order valence-corrected chi connectivity index (χ2v) is 5.91. The van der Waals surface area contributed by atoms with E-state index in [4.69, 9.17) is 13.9 Å². The van der Waals surface area contributed by atoms with Crippen molar-refractivity contribution in [3.63, 3.8) is 0 Å². The first kappa shape index (κ1) is 17.2. The van der Waals surface area contributed by atoms with E-state index in [0.29, 0.717) is 11.6 Å². The molecule has 7 heteroatoms. The monoisotopic (exact) mass is 402 g/mol. The lowest BCUT2D eigenvalue weighted by molar-refractivity contribution is -0.146. The Balaban J connectivity index is 1.46. The Kier molecular flexibility index (Phi) is 5.79. The van der Waals surface area contributed by atoms with Crippen LogP contribution in [0, 0.1) is 0 Å². The van der Waals surface area contributed by atoms with E-state index in [9.17, 15) is 4.79 Å². The molecule has 0 saturated carbocycles. The van der Waals surface area contributed by atoms with Gasteiger partial charge in [0.1, 0.15) is 5.75 Å². The van der Waals surface area contributed by atoms with E-state index in [1.54, 1.807) is 0 Å². The molecule has 0 spiro atoms. The summed E-state index contributed by atoms with van der Waals surface area (Å²) in [5, 5.41) is 7.85. The van der Waals surface area contributed by atoms with Gasteiger partial charge in [0, 0.05) is 4.47 Å². The third-order valence-corrected chi connectivity index (χ3v) is 3.94. The molecule has 0 N–H and O–H groups in total. The lowest BCUT2D eigenvalue weighted by Gasteiger charge is -2.05. The molecule has 0 aliphatic carbocycles. The number of carbonyl (C=O) groups is 1. The van der Waals surface area contributed by atoms with Gasteiger partial charge in [-0.05, 0) is 40.2 Å². The summed E-state index contributed by atoms with van der Waals surface area (Å²) in [4.78, 5) is 11.7. The number of aromatic nitrogens is 2. The van der Waals surface area contributed by atoms with Gasteiger partial charge in [-0.15, -0.1) is 10.2 Å². The van der Waals surface area contributed by atoms with Crippen molar-refractivity contribution in [2.45, 2.75) is 13.0 Å². The van der Waals surface area contributed by atoms with Gasteiger partial charge < -0.3 is 13.9 Å². The standard InChI is InChI=1S/C18H15BrN2O4/c19-15-9-5-4-8-14(15)18-21-20-16(25-18)12-24-17(22)10-11-23-13-6-2-1-3-7-13/h1-9H,10-12H2. The van der Waals surface area contributed by atoms with E-state index in [-0.39, 0.29) is 25.5 Å². The Morgan fingerprint density at radius 2 is 1.80 bits per heavy atom. The second kappa shape index (κ2) is 8.43. The number of halogens is 1. The van der Waals surface area contributed by atoms with Crippen molar-refractivity contribution in [3.05, 3.63) is 65.0 Å². The number of esters is 1. The number of hydrogen-bond acceptors (Lipinski definition) is 6. The highest BCUT2D eigenvalue weighted by Gasteiger charge is 2.13. The molecule has 128 valence electrons. The fraction of sp³-hybridized carbons (Fsp3) is 0.167. The van der Waals surface area contributed by atoms with E-state index in [0.717, 1.165) is 10.0 Å². The van der Waals surface area contributed by atoms with Crippen LogP contribution in [0.5, 0.6) is 5.75 Å². The van der Waals surface area contributed by atoms with Gasteiger partial charge in [0.25, 0.3) is 5.89 Å². The van der Waals surface area contributed by atoms with Crippen LogP contribution in [0.15, 0.2) is 63.5 Å². The first-order chi connectivity index (χ1) is 12.2. The van der Waals surface area contributed by atoms with Crippen LogP contribution in [-0.2, 0) is 16.1 Å². The third-order valence-electron chi connectivity index (χ3n) is 3.25. The number of carbonyl (C=O) groups excluding carboxylic acids is 1. The molecule has 2 aromatic carbocycles. The fourth-order valence-electron chi connectivity index (χ4n) is 2.04. The van der Waals surface area contributed by atoms with Crippen molar-refractivity contribution in [3.8, 4) is 17.2 Å². The molecule has 6 nitrogen and oxygen atoms in total. The first-order valence-electron chi connectivity index (χ1n) is 7.63. The molecule has 1 heterocycles. The number of ether oxygens (including phenoxy) is 2. The molecule has 3 aromatic rings. The minimum Gasteiger partial charge on any atom is -0.493 e. The zero-order valence-corrected chi connectivity index (χ0v) is 14.8. The van der Waals surface area contributed by atoms with E-state index in [1.165, 1.54) is 0 Å². The predicted molar refractivity (Wildman–Crippen MR) is 93.8 cm³/mol. The topological polar surface area (TPSA) is 74.5 Å². The molecular weight excluding hydrogens is 388 g/mol. The summed E-state index contributed by atoms with van der Waals surface area (Å²) in [7, 11) is 0. The van der Waals surface area contributed by atoms with Gasteiger partial charge in [-0.1, -0.05) is 30.3 Å². The lowest BCUT2D eigenvalue weighted by Crippen LogP contribution is -2.10. The van der Waals surface area contributed by atoms with Crippen LogP contribution in [-0.4, -0.2) is 22.8 Å². The molecule has 0 aliphatic rings. The van der Waals surface area contributed by atoms with E-state index >= 15 is 0 Å². The smallest absolute Gasteiger partial charge is 0.309 e. The highest BCUT2D eigenvalue weighted by atomic mass is 79.9. The van der Waals surface area contributed by atoms with Crippen molar-refractivity contribution in [1.82, 2.24) is 10.2 Å². The summed E-state index contributed by atoms with van der Waals surface area (Å²) < 4.78 is 16.9. The minimum atomic E-state index is -0.392. The van der Waals surface area contributed by atoms with Gasteiger partial charge in [-0.3, -0.25) is 4.79 Å². The number of rotatable bonds is 7. The molecule has 0 radical (unpaired) electrons. The van der Waals surface area contributed by atoms with Gasteiger partial charge in [-0.25, -0.2) is 0 Å². The molecule has 25 heavy (non-hydrogen) atoms. The van der Waals surface area contributed by atoms with E-state index in [2.05, 4.69) is 26.1 Å². The van der Waals surface area contributed by atoms with E-state index < -0.39 is 5.97 Å². The van der Waals surface area contributed by atoms with Crippen LogP contribution in [0.3, 0.4) is 0 Å². The van der Waals surface area contributed by atoms with Crippen LogP contribution in [0.4, 0.5) is 0 Å². The SMILES string of the molecule is O=C(CCOc1ccccc1)OCc1nnc(-c2ccccc2Br)o1. The van der Waals surface area contributed by atoms with Crippen molar-refractivity contribution in [1.29, 1.82) is 0 Å². The second-order valence-electron chi connectivity index (χ2n) is 5.05. The molecule has 0 unspecified atom stereocenters. The van der Waals surface area contributed by atoms with Crippen LogP contribution in [0.2, 0.25) is 0 Å². The summed E-state index contributed by atoms with van der Waals surface area (Å²) in [5.74, 6) is 0.927. The number of benzene rings is 2. The normalized spacial score (nSPS) is 10.4. The molecule has 0 fully saturated rings. The molecule has 0 aliphatic heterocycles. The molecule has 1 aromatic heterocycles. The fourth-order valence-corrected chi connectivity index (χ4v) is 2.49. The van der Waals surface area contributed by atoms with Crippen LogP contribution < -0.4 is 4.74 Å². The largest absolute Gasteiger partial charge is 0.493 e. The highest BCUT2D eigenvalue weighted by Crippen LogP contribution is 2.26. The molecule has 0 amide bonds. The number of hydrogen-bond donors (Lipinski definition) is 0. The maximum absolute atomic E-state index is 11.7. The van der Waals surface area contributed by atoms with Crippen molar-refractivity contribution in [2.24, 2.45) is 0 Å². The average Bonchev–Trinajstić information content (AvgIpc) is 3.10. The summed E-state index contributed by atoms with van der Waals surface area (Å²) in [6, 6.07) is 16.8. The Hall–Kier alpha value is -2.67. The van der Waals surface area contributed by atoms with Crippen LogP contribution in [0.25, 0.3) is 11.5 Å². The Morgan fingerprint density at radius 3 is 2.60 bits per heavy atom. The summed E-state index contributed by atoms with van der Waals surface area (Å²) >= 11 is 3.43. The van der Waals surface area contributed by atoms with E-state index in [1.807, 2.05) is 54.6 Å². The predicted octanol–water partition coefficient (Wildman–Crippen LogP) is 4.01. The average molecular weight is 403 g/mol. The number of para-hydroxylation sites is 1. The molecular formula is C18H15BrN2O4. The van der Waals surface area contributed by atoms with Crippen molar-refractivity contribution in [2.75, 3.05) is 6.61 Å². The first-order valence-corrected chi connectivity index (χ1v) is 8.42. The maximum atomic E-state index is 11.7. The van der Waals surface area contributed by atoms with Crippen molar-refractivity contribution >= 4 is 21.9 Å². The third kappa shape index (κ3) is 4.90.